The molecule has 18 heavy (non-hydrogen) atoms. The predicted molar refractivity (Wildman–Crippen MR) is 76.7 cm³/mol. The summed E-state index contributed by atoms with van der Waals surface area (Å²) >= 11 is 0. The SMILES string of the molecule is Cc1ccc(CCNC(N)=NCC2CCC2)cc1. The molecule has 0 radical (unpaired) electrons. The molecule has 0 aliphatic heterocycles. The van der Waals surface area contributed by atoms with Crippen LogP contribution in [0.4, 0.5) is 0 Å². The van der Waals surface area contributed by atoms with Gasteiger partial charge in [0.05, 0.1) is 0 Å². The molecule has 1 fully saturated rings. The molecule has 0 saturated heterocycles. The summed E-state index contributed by atoms with van der Waals surface area (Å²) in [6, 6.07) is 8.62. The van der Waals surface area contributed by atoms with Gasteiger partial charge in [0, 0.05) is 13.1 Å². The lowest BCUT2D eigenvalue weighted by molar-refractivity contribution is 0.326. The largest absolute Gasteiger partial charge is 0.370 e. The number of aliphatic imine (C=N–C) groups is 1. The molecule has 0 amide bonds. The third-order valence-electron chi connectivity index (χ3n) is 3.58. The molecule has 3 nitrogen and oxygen atoms in total. The molecular formula is C15H23N3. The Kier molecular flexibility index (Phi) is 4.62. The van der Waals surface area contributed by atoms with Crippen LogP contribution in [0.25, 0.3) is 0 Å². The van der Waals surface area contributed by atoms with Gasteiger partial charge in [0.1, 0.15) is 0 Å². The van der Waals surface area contributed by atoms with Gasteiger partial charge in [0.25, 0.3) is 0 Å². The van der Waals surface area contributed by atoms with Gasteiger partial charge in [-0.05, 0) is 37.7 Å². The maximum atomic E-state index is 5.83. The molecule has 1 aromatic carbocycles. The summed E-state index contributed by atoms with van der Waals surface area (Å²) in [6.45, 7) is 3.85. The second kappa shape index (κ2) is 6.43. The number of benzene rings is 1. The molecule has 1 aliphatic rings. The van der Waals surface area contributed by atoms with Crippen molar-refractivity contribution in [3.8, 4) is 0 Å². The van der Waals surface area contributed by atoms with Crippen LogP contribution in [0.2, 0.25) is 0 Å². The highest BCUT2D eigenvalue weighted by molar-refractivity contribution is 5.77. The van der Waals surface area contributed by atoms with Crippen LogP contribution in [0.1, 0.15) is 30.4 Å². The van der Waals surface area contributed by atoms with Crippen molar-refractivity contribution >= 4 is 5.96 Å². The fourth-order valence-corrected chi connectivity index (χ4v) is 2.05. The number of hydrogen-bond acceptors (Lipinski definition) is 1. The van der Waals surface area contributed by atoms with E-state index in [9.17, 15) is 0 Å². The van der Waals surface area contributed by atoms with Gasteiger partial charge in [-0.15, -0.1) is 0 Å². The van der Waals surface area contributed by atoms with E-state index in [-0.39, 0.29) is 0 Å². The van der Waals surface area contributed by atoms with Crippen LogP contribution in [-0.4, -0.2) is 19.0 Å². The summed E-state index contributed by atoms with van der Waals surface area (Å²) in [5.41, 5.74) is 8.46. The third-order valence-corrected chi connectivity index (χ3v) is 3.58. The van der Waals surface area contributed by atoms with E-state index < -0.39 is 0 Å². The third kappa shape index (κ3) is 4.06. The molecule has 1 saturated carbocycles. The fraction of sp³-hybridized carbons (Fsp3) is 0.533. The van der Waals surface area contributed by atoms with Gasteiger partial charge in [0.2, 0.25) is 0 Å². The topological polar surface area (TPSA) is 50.4 Å². The Morgan fingerprint density at radius 3 is 2.67 bits per heavy atom. The Hall–Kier alpha value is -1.51. The van der Waals surface area contributed by atoms with Crippen molar-refractivity contribution in [2.24, 2.45) is 16.6 Å². The molecule has 3 heteroatoms. The van der Waals surface area contributed by atoms with E-state index in [4.69, 9.17) is 5.73 Å². The van der Waals surface area contributed by atoms with E-state index >= 15 is 0 Å². The lowest BCUT2D eigenvalue weighted by Gasteiger charge is -2.23. The highest BCUT2D eigenvalue weighted by Gasteiger charge is 2.16. The minimum Gasteiger partial charge on any atom is -0.370 e. The molecule has 1 aliphatic carbocycles. The number of hydrogen-bond donors (Lipinski definition) is 2. The molecule has 0 aromatic heterocycles. The number of nitrogens with zero attached hydrogens (tertiary/aromatic N) is 1. The lowest BCUT2D eigenvalue weighted by atomic mass is 9.86. The molecule has 1 aromatic rings. The van der Waals surface area contributed by atoms with Crippen LogP contribution in [0.5, 0.6) is 0 Å². The van der Waals surface area contributed by atoms with E-state index in [1.165, 1.54) is 30.4 Å². The molecule has 0 spiro atoms. The van der Waals surface area contributed by atoms with Crippen molar-refractivity contribution < 1.29 is 0 Å². The van der Waals surface area contributed by atoms with E-state index in [0.717, 1.165) is 25.4 Å². The van der Waals surface area contributed by atoms with Crippen molar-refractivity contribution in [2.45, 2.75) is 32.6 Å². The van der Waals surface area contributed by atoms with Crippen LogP contribution in [0, 0.1) is 12.8 Å². The van der Waals surface area contributed by atoms with E-state index in [2.05, 4.69) is 41.5 Å². The predicted octanol–water partition coefficient (Wildman–Crippen LogP) is 2.24. The van der Waals surface area contributed by atoms with Crippen molar-refractivity contribution in [2.75, 3.05) is 13.1 Å². The standard InChI is InChI=1S/C15H23N3/c1-12-5-7-13(8-6-12)9-10-17-15(16)18-11-14-3-2-4-14/h5-8,14H,2-4,9-11H2,1H3,(H3,16,17,18). The van der Waals surface area contributed by atoms with E-state index in [1.54, 1.807) is 0 Å². The van der Waals surface area contributed by atoms with Gasteiger partial charge in [-0.2, -0.15) is 0 Å². The summed E-state index contributed by atoms with van der Waals surface area (Å²) in [5.74, 6) is 1.37. The Bertz CT molecular complexity index is 391. The van der Waals surface area contributed by atoms with Crippen LogP contribution in [0.3, 0.4) is 0 Å². The molecule has 0 heterocycles. The summed E-state index contributed by atoms with van der Waals surface area (Å²) in [5, 5.41) is 3.18. The van der Waals surface area contributed by atoms with Crippen LogP contribution in [0.15, 0.2) is 29.3 Å². The second-order valence-corrected chi connectivity index (χ2v) is 5.19. The summed E-state index contributed by atoms with van der Waals surface area (Å²) in [7, 11) is 0. The number of nitrogens with two attached hydrogens (primary N) is 1. The van der Waals surface area contributed by atoms with Gasteiger partial charge in [-0.3, -0.25) is 4.99 Å². The lowest BCUT2D eigenvalue weighted by Crippen LogP contribution is -2.34. The van der Waals surface area contributed by atoms with Gasteiger partial charge in [0.15, 0.2) is 5.96 Å². The average molecular weight is 245 g/mol. The average Bonchev–Trinajstić information content (AvgIpc) is 2.30. The first-order valence-electron chi connectivity index (χ1n) is 6.83. The second-order valence-electron chi connectivity index (χ2n) is 5.19. The maximum absolute atomic E-state index is 5.83. The highest BCUT2D eigenvalue weighted by Crippen LogP contribution is 2.26. The highest BCUT2D eigenvalue weighted by atomic mass is 15.1. The molecule has 98 valence electrons. The van der Waals surface area contributed by atoms with Gasteiger partial charge >= 0.3 is 0 Å². The Morgan fingerprint density at radius 2 is 2.06 bits per heavy atom. The van der Waals surface area contributed by atoms with Crippen LogP contribution >= 0.6 is 0 Å². The van der Waals surface area contributed by atoms with E-state index in [0.29, 0.717) is 5.96 Å². The molecule has 2 rings (SSSR count). The minimum atomic E-state index is 0.592. The number of rotatable bonds is 5. The molecule has 3 N–H and O–H groups in total. The first kappa shape index (κ1) is 12.9. The zero-order chi connectivity index (χ0) is 12.8. The number of aryl methyl sites for hydroxylation is 1. The first-order valence-corrected chi connectivity index (χ1v) is 6.83. The number of guanidine groups is 1. The quantitative estimate of drug-likeness (QED) is 0.617. The molecular weight excluding hydrogens is 222 g/mol. The van der Waals surface area contributed by atoms with Crippen LogP contribution < -0.4 is 11.1 Å². The zero-order valence-corrected chi connectivity index (χ0v) is 11.2. The Balaban J connectivity index is 1.66. The fourth-order valence-electron chi connectivity index (χ4n) is 2.05. The number of nitrogens with one attached hydrogen (secondary N) is 1. The van der Waals surface area contributed by atoms with Gasteiger partial charge < -0.3 is 11.1 Å². The minimum absolute atomic E-state index is 0.592. The Labute approximate surface area is 109 Å². The first-order chi connectivity index (χ1) is 8.74. The molecule has 0 atom stereocenters. The zero-order valence-electron chi connectivity index (χ0n) is 11.2. The summed E-state index contributed by atoms with van der Waals surface area (Å²) < 4.78 is 0. The van der Waals surface area contributed by atoms with E-state index in [1.807, 2.05) is 0 Å². The monoisotopic (exact) mass is 245 g/mol. The molecule has 0 unspecified atom stereocenters. The van der Waals surface area contributed by atoms with Crippen molar-refractivity contribution in [3.63, 3.8) is 0 Å². The van der Waals surface area contributed by atoms with Crippen molar-refractivity contribution in [1.29, 1.82) is 0 Å². The summed E-state index contributed by atoms with van der Waals surface area (Å²) in [4.78, 5) is 4.37. The van der Waals surface area contributed by atoms with Crippen molar-refractivity contribution in [1.82, 2.24) is 5.32 Å². The maximum Gasteiger partial charge on any atom is 0.188 e. The smallest absolute Gasteiger partial charge is 0.188 e. The van der Waals surface area contributed by atoms with Crippen LogP contribution in [-0.2, 0) is 6.42 Å². The van der Waals surface area contributed by atoms with Gasteiger partial charge in [-0.1, -0.05) is 36.2 Å². The molecule has 0 bridgehead atoms. The Morgan fingerprint density at radius 1 is 1.33 bits per heavy atom. The van der Waals surface area contributed by atoms with Gasteiger partial charge in [-0.25, -0.2) is 0 Å². The summed E-state index contributed by atoms with van der Waals surface area (Å²) in [6.07, 6.45) is 4.99. The van der Waals surface area contributed by atoms with Crippen molar-refractivity contribution in [3.05, 3.63) is 35.4 Å². The normalized spacial score (nSPS) is 16.4.